The van der Waals surface area contributed by atoms with Crippen LogP contribution in [0.4, 0.5) is 4.39 Å². The predicted molar refractivity (Wildman–Crippen MR) is 94.7 cm³/mol. The van der Waals surface area contributed by atoms with E-state index in [1.807, 2.05) is 0 Å². The molecule has 1 aliphatic heterocycles. The Kier molecular flexibility index (Phi) is 5.59. The van der Waals surface area contributed by atoms with Crippen molar-refractivity contribution in [2.75, 3.05) is 14.2 Å². The fraction of sp³-hybridized carbons (Fsp3) is 0.300. The van der Waals surface area contributed by atoms with Crippen LogP contribution in [0.3, 0.4) is 0 Å². The van der Waals surface area contributed by atoms with Gasteiger partial charge in [-0.25, -0.2) is 4.39 Å². The van der Waals surface area contributed by atoms with E-state index in [0.717, 1.165) is 5.56 Å². The Morgan fingerprint density at radius 3 is 2.52 bits per heavy atom. The molecule has 0 aliphatic carbocycles. The number of amides is 1. The van der Waals surface area contributed by atoms with Gasteiger partial charge in [0.1, 0.15) is 11.9 Å². The van der Waals surface area contributed by atoms with E-state index in [2.05, 4.69) is 5.32 Å². The molecule has 0 bridgehead atoms. The van der Waals surface area contributed by atoms with Gasteiger partial charge in [0, 0.05) is 6.54 Å². The number of halogens is 1. The molecule has 1 fully saturated rings. The standard InChI is InChI=1S/C20H20FNO5/c1-25-16-8-5-13(9-17(16)26-2)19-15(10-18(23)27-19)20(24)22-11-12-3-6-14(21)7-4-12/h3-9,15,19H,10-11H2,1-2H3,(H,22,24)/t15-,19-/m1/s1. The first kappa shape index (κ1) is 18.7. The van der Waals surface area contributed by atoms with Crippen molar-refractivity contribution in [1.29, 1.82) is 0 Å². The lowest BCUT2D eigenvalue weighted by atomic mass is 9.94. The van der Waals surface area contributed by atoms with Gasteiger partial charge in [-0.15, -0.1) is 0 Å². The van der Waals surface area contributed by atoms with Gasteiger partial charge in [0.2, 0.25) is 5.91 Å². The highest BCUT2D eigenvalue weighted by atomic mass is 19.1. The molecule has 1 heterocycles. The number of benzene rings is 2. The van der Waals surface area contributed by atoms with Crippen LogP contribution in [0, 0.1) is 11.7 Å². The van der Waals surface area contributed by atoms with E-state index >= 15 is 0 Å². The van der Waals surface area contributed by atoms with Gasteiger partial charge in [-0.2, -0.15) is 0 Å². The van der Waals surface area contributed by atoms with Crippen molar-refractivity contribution < 1.29 is 28.2 Å². The molecule has 1 aliphatic rings. The third-order valence-corrected chi connectivity index (χ3v) is 4.46. The van der Waals surface area contributed by atoms with Gasteiger partial charge >= 0.3 is 5.97 Å². The summed E-state index contributed by atoms with van der Waals surface area (Å²) in [5.74, 6) is -0.697. The molecule has 2 aromatic rings. The second-order valence-corrected chi connectivity index (χ2v) is 6.18. The summed E-state index contributed by atoms with van der Waals surface area (Å²) in [6.45, 7) is 0.239. The first-order valence-corrected chi connectivity index (χ1v) is 8.45. The minimum atomic E-state index is -0.703. The zero-order chi connectivity index (χ0) is 19.4. The number of hydrogen-bond acceptors (Lipinski definition) is 5. The average Bonchev–Trinajstić information content (AvgIpc) is 3.08. The van der Waals surface area contributed by atoms with Crippen LogP contribution in [0.5, 0.6) is 11.5 Å². The number of rotatable bonds is 6. The van der Waals surface area contributed by atoms with Crippen LogP contribution < -0.4 is 14.8 Å². The fourth-order valence-electron chi connectivity index (χ4n) is 3.04. The molecule has 0 saturated carbocycles. The highest BCUT2D eigenvalue weighted by Crippen LogP contribution is 2.39. The van der Waals surface area contributed by atoms with Crippen molar-refractivity contribution in [2.24, 2.45) is 5.92 Å². The summed E-state index contributed by atoms with van der Waals surface area (Å²) in [5.41, 5.74) is 1.41. The third-order valence-electron chi connectivity index (χ3n) is 4.46. The Hall–Kier alpha value is -3.09. The Balaban J connectivity index is 1.74. The topological polar surface area (TPSA) is 73.9 Å². The summed E-state index contributed by atoms with van der Waals surface area (Å²) >= 11 is 0. The molecule has 0 spiro atoms. The van der Waals surface area contributed by atoms with Crippen LogP contribution in [-0.4, -0.2) is 26.1 Å². The minimum Gasteiger partial charge on any atom is -0.493 e. The summed E-state index contributed by atoms with van der Waals surface area (Å²) in [7, 11) is 3.04. The molecule has 0 unspecified atom stereocenters. The van der Waals surface area contributed by atoms with Crippen LogP contribution >= 0.6 is 0 Å². The number of methoxy groups -OCH3 is 2. The van der Waals surface area contributed by atoms with Gasteiger partial charge in [-0.3, -0.25) is 9.59 Å². The van der Waals surface area contributed by atoms with Crippen molar-refractivity contribution in [1.82, 2.24) is 5.32 Å². The summed E-state index contributed by atoms with van der Waals surface area (Å²) in [6, 6.07) is 11.0. The normalized spacial score (nSPS) is 18.7. The monoisotopic (exact) mass is 373 g/mol. The van der Waals surface area contributed by atoms with E-state index in [-0.39, 0.29) is 24.7 Å². The van der Waals surface area contributed by atoms with E-state index in [9.17, 15) is 14.0 Å². The van der Waals surface area contributed by atoms with Crippen molar-refractivity contribution in [3.63, 3.8) is 0 Å². The first-order chi connectivity index (χ1) is 13.0. The molecule has 142 valence electrons. The molecule has 1 saturated heterocycles. The first-order valence-electron chi connectivity index (χ1n) is 8.45. The predicted octanol–water partition coefficient (Wildman–Crippen LogP) is 2.76. The van der Waals surface area contributed by atoms with Gasteiger partial charge in [0.15, 0.2) is 11.5 Å². The molecular weight excluding hydrogens is 353 g/mol. The van der Waals surface area contributed by atoms with E-state index in [1.54, 1.807) is 30.3 Å². The largest absolute Gasteiger partial charge is 0.493 e. The maximum absolute atomic E-state index is 13.0. The number of esters is 1. The summed E-state index contributed by atoms with van der Waals surface area (Å²) in [4.78, 5) is 24.5. The zero-order valence-corrected chi connectivity index (χ0v) is 15.0. The van der Waals surface area contributed by atoms with Crippen LogP contribution in [-0.2, 0) is 20.9 Å². The number of carbonyl (C=O) groups is 2. The lowest BCUT2D eigenvalue weighted by Crippen LogP contribution is -2.32. The maximum atomic E-state index is 13.0. The Morgan fingerprint density at radius 1 is 1.15 bits per heavy atom. The van der Waals surface area contributed by atoms with Gasteiger partial charge in [-0.1, -0.05) is 18.2 Å². The lowest BCUT2D eigenvalue weighted by Gasteiger charge is -2.19. The molecule has 3 rings (SSSR count). The maximum Gasteiger partial charge on any atom is 0.307 e. The molecule has 0 radical (unpaired) electrons. The number of carbonyl (C=O) groups excluding carboxylic acids is 2. The van der Waals surface area contributed by atoms with Gasteiger partial charge < -0.3 is 19.5 Å². The summed E-state index contributed by atoms with van der Waals surface area (Å²) in [6.07, 6.45) is -0.709. The van der Waals surface area contributed by atoms with E-state index in [4.69, 9.17) is 14.2 Å². The summed E-state index contributed by atoms with van der Waals surface area (Å²) in [5, 5.41) is 2.78. The molecule has 6 nitrogen and oxygen atoms in total. The Bertz CT molecular complexity index is 837. The quantitative estimate of drug-likeness (QED) is 0.788. The zero-order valence-electron chi connectivity index (χ0n) is 15.0. The molecular formula is C20H20FNO5. The molecule has 0 aromatic heterocycles. The van der Waals surface area contributed by atoms with Crippen molar-refractivity contribution in [3.05, 3.63) is 59.4 Å². The summed E-state index contributed by atoms with van der Waals surface area (Å²) < 4.78 is 28.8. The van der Waals surface area contributed by atoms with E-state index in [1.165, 1.54) is 26.4 Å². The van der Waals surface area contributed by atoms with Crippen molar-refractivity contribution in [2.45, 2.75) is 19.1 Å². The average molecular weight is 373 g/mol. The molecule has 2 aromatic carbocycles. The molecule has 7 heteroatoms. The van der Waals surface area contributed by atoms with Gasteiger partial charge in [-0.05, 0) is 35.4 Å². The molecule has 2 atom stereocenters. The second kappa shape index (κ2) is 8.07. The SMILES string of the molecule is COc1ccc([C@H]2OC(=O)C[C@H]2C(=O)NCc2ccc(F)cc2)cc1OC. The van der Waals surface area contributed by atoms with E-state index in [0.29, 0.717) is 17.1 Å². The molecule has 1 amide bonds. The number of nitrogens with one attached hydrogen (secondary N) is 1. The van der Waals surface area contributed by atoms with Crippen LogP contribution in [0.25, 0.3) is 0 Å². The van der Waals surface area contributed by atoms with Crippen LogP contribution in [0.2, 0.25) is 0 Å². The highest BCUT2D eigenvalue weighted by molar-refractivity contribution is 5.87. The van der Waals surface area contributed by atoms with Crippen molar-refractivity contribution in [3.8, 4) is 11.5 Å². The van der Waals surface area contributed by atoms with Crippen LogP contribution in [0.15, 0.2) is 42.5 Å². The van der Waals surface area contributed by atoms with Gasteiger partial charge in [0.25, 0.3) is 0 Å². The van der Waals surface area contributed by atoms with Crippen molar-refractivity contribution >= 4 is 11.9 Å². The fourth-order valence-corrected chi connectivity index (χ4v) is 3.04. The minimum absolute atomic E-state index is 0.00569. The molecule has 1 N–H and O–H groups in total. The van der Waals surface area contributed by atoms with E-state index < -0.39 is 18.0 Å². The number of ether oxygens (including phenoxy) is 3. The number of hydrogen-bond donors (Lipinski definition) is 1. The second-order valence-electron chi connectivity index (χ2n) is 6.18. The van der Waals surface area contributed by atoms with Gasteiger partial charge in [0.05, 0.1) is 26.6 Å². The third kappa shape index (κ3) is 4.19. The smallest absolute Gasteiger partial charge is 0.307 e. The number of cyclic esters (lactones) is 1. The highest BCUT2D eigenvalue weighted by Gasteiger charge is 2.41. The Labute approximate surface area is 156 Å². The lowest BCUT2D eigenvalue weighted by molar-refractivity contribution is -0.141. The Morgan fingerprint density at radius 2 is 1.85 bits per heavy atom. The molecule has 27 heavy (non-hydrogen) atoms. The van der Waals surface area contributed by atoms with Crippen LogP contribution in [0.1, 0.15) is 23.7 Å².